The molecule has 1 amide bonds. The van der Waals surface area contributed by atoms with Crippen molar-refractivity contribution in [1.82, 2.24) is 9.88 Å². The van der Waals surface area contributed by atoms with Gasteiger partial charge in [0.2, 0.25) is 21.8 Å². The number of benzene rings is 1. The molecule has 24 heavy (non-hydrogen) atoms. The molecule has 1 aromatic heterocycles. The summed E-state index contributed by atoms with van der Waals surface area (Å²) in [4.78, 5) is 17.5. The number of nitrogens with one attached hydrogen (secondary N) is 1. The second kappa shape index (κ2) is 6.08. The highest BCUT2D eigenvalue weighted by molar-refractivity contribution is 7.94. The van der Waals surface area contributed by atoms with E-state index in [0.29, 0.717) is 22.7 Å². The molecule has 1 heterocycles. The number of fused-ring (bicyclic) bond motifs is 1. The fourth-order valence-corrected chi connectivity index (χ4v) is 3.17. The van der Waals surface area contributed by atoms with Crippen LogP contribution in [0.25, 0.3) is 11.1 Å². The third-order valence-electron chi connectivity index (χ3n) is 3.54. The van der Waals surface area contributed by atoms with Crippen LogP contribution >= 0.6 is 0 Å². The number of sulfonamides is 1. The van der Waals surface area contributed by atoms with Gasteiger partial charge in [0.15, 0.2) is 10.8 Å². The van der Waals surface area contributed by atoms with Crippen molar-refractivity contribution in [2.75, 3.05) is 18.8 Å². The van der Waals surface area contributed by atoms with Gasteiger partial charge in [-0.05, 0) is 25.1 Å². The Hall–Kier alpha value is -2.09. The normalized spacial score (nSPS) is 13.8. The van der Waals surface area contributed by atoms with Gasteiger partial charge in [-0.25, -0.2) is 13.4 Å². The fraction of sp³-hybridized carbons (Fsp3) is 0.500. The second-order valence-electron chi connectivity index (χ2n) is 6.97. The molecule has 1 aromatic carbocycles. The van der Waals surface area contributed by atoms with Gasteiger partial charge in [-0.1, -0.05) is 20.8 Å². The summed E-state index contributed by atoms with van der Waals surface area (Å²) < 4.78 is 32.8. The largest absolute Gasteiger partial charge is 0.440 e. The van der Waals surface area contributed by atoms with Crippen molar-refractivity contribution >= 4 is 32.7 Å². The van der Waals surface area contributed by atoms with Crippen LogP contribution in [0.5, 0.6) is 0 Å². The van der Waals surface area contributed by atoms with Crippen LogP contribution in [0.4, 0.5) is 5.69 Å². The molecule has 0 fully saturated rings. The smallest absolute Gasteiger partial charge is 0.244 e. The number of amides is 1. The first-order valence-electron chi connectivity index (χ1n) is 7.55. The maximum atomic E-state index is 12.3. The maximum absolute atomic E-state index is 12.3. The molecule has 0 radical (unpaired) electrons. The van der Waals surface area contributed by atoms with E-state index < -0.39 is 21.2 Å². The van der Waals surface area contributed by atoms with E-state index in [2.05, 4.69) is 9.71 Å². The Balaban J connectivity index is 2.31. The van der Waals surface area contributed by atoms with Crippen molar-refractivity contribution in [2.45, 2.75) is 38.4 Å². The van der Waals surface area contributed by atoms with Gasteiger partial charge >= 0.3 is 0 Å². The van der Waals surface area contributed by atoms with E-state index in [4.69, 9.17) is 4.42 Å². The molecule has 2 aromatic rings. The highest BCUT2D eigenvalue weighted by Crippen LogP contribution is 2.27. The maximum Gasteiger partial charge on any atom is 0.244 e. The highest BCUT2D eigenvalue weighted by Gasteiger charge is 2.29. The molecule has 0 saturated carbocycles. The summed E-state index contributed by atoms with van der Waals surface area (Å²) in [5, 5.41) is -1.19. The molecule has 0 aliphatic carbocycles. The number of nitrogens with zero attached hydrogens (tertiary/aromatic N) is 2. The summed E-state index contributed by atoms with van der Waals surface area (Å²) in [7, 11) is -0.812. The van der Waals surface area contributed by atoms with E-state index >= 15 is 0 Å². The Morgan fingerprint density at radius 2 is 1.92 bits per heavy atom. The molecular formula is C16H23N3O4S. The van der Waals surface area contributed by atoms with Gasteiger partial charge < -0.3 is 9.32 Å². The molecule has 0 unspecified atom stereocenters. The average molecular weight is 353 g/mol. The SMILES string of the molecule is C[C@H](C(=O)N(C)C)S(=O)(=O)Nc1ccc2oc(C(C)(C)C)nc2c1. The van der Waals surface area contributed by atoms with Gasteiger partial charge in [-0.2, -0.15) is 0 Å². The van der Waals surface area contributed by atoms with Crippen molar-refractivity contribution in [1.29, 1.82) is 0 Å². The standard InChI is InChI=1S/C16H23N3O4S/c1-10(14(20)19(5)6)24(21,22)18-11-7-8-13-12(9-11)17-15(23-13)16(2,3)4/h7-10,18H,1-6H3/t10-/m1/s1. The van der Waals surface area contributed by atoms with Gasteiger partial charge in [0.05, 0.1) is 5.69 Å². The zero-order chi connectivity index (χ0) is 18.3. The fourth-order valence-electron chi connectivity index (χ4n) is 2.06. The first-order chi connectivity index (χ1) is 10.9. The minimum Gasteiger partial charge on any atom is -0.440 e. The van der Waals surface area contributed by atoms with Crippen LogP contribution in [0.15, 0.2) is 22.6 Å². The van der Waals surface area contributed by atoms with Gasteiger partial charge in [0.25, 0.3) is 0 Å². The van der Waals surface area contributed by atoms with Gasteiger partial charge in [-0.3, -0.25) is 9.52 Å². The quantitative estimate of drug-likeness (QED) is 0.911. The molecule has 0 aliphatic rings. The zero-order valence-corrected chi connectivity index (χ0v) is 15.6. The predicted molar refractivity (Wildman–Crippen MR) is 93.4 cm³/mol. The summed E-state index contributed by atoms with van der Waals surface area (Å²) in [5.41, 5.74) is 1.24. The molecule has 0 spiro atoms. The van der Waals surface area contributed by atoms with E-state index in [0.717, 1.165) is 0 Å². The number of rotatable bonds is 4. The predicted octanol–water partition coefficient (Wildman–Crippen LogP) is 2.34. The molecule has 0 bridgehead atoms. The van der Waals surface area contributed by atoms with Crippen molar-refractivity contribution in [3.8, 4) is 0 Å². The minimum atomic E-state index is -3.85. The summed E-state index contributed by atoms with van der Waals surface area (Å²) >= 11 is 0. The summed E-state index contributed by atoms with van der Waals surface area (Å²) in [6, 6.07) is 4.84. The number of hydrogen-bond acceptors (Lipinski definition) is 5. The molecule has 0 saturated heterocycles. The number of carbonyl (C=O) groups is 1. The molecule has 1 N–H and O–H groups in total. The number of oxazole rings is 1. The van der Waals surface area contributed by atoms with E-state index in [1.165, 1.54) is 25.9 Å². The molecule has 8 heteroatoms. The van der Waals surface area contributed by atoms with Crippen LogP contribution in [0.3, 0.4) is 0 Å². The van der Waals surface area contributed by atoms with Crippen LogP contribution in [-0.2, 0) is 20.2 Å². The van der Waals surface area contributed by atoms with E-state index in [1.54, 1.807) is 18.2 Å². The highest BCUT2D eigenvalue weighted by atomic mass is 32.2. The Labute approximate surface area is 142 Å². The zero-order valence-electron chi connectivity index (χ0n) is 14.7. The number of carbonyl (C=O) groups excluding carboxylic acids is 1. The lowest BCUT2D eigenvalue weighted by atomic mass is 9.97. The third-order valence-corrected chi connectivity index (χ3v) is 5.20. The third kappa shape index (κ3) is 3.69. The number of anilines is 1. The summed E-state index contributed by atoms with van der Waals surface area (Å²) in [5.74, 6) is 0.0914. The molecule has 0 aliphatic heterocycles. The number of aromatic nitrogens is 1. The topological polar surface area (TPSA) is 92.5 Å². The molecule has 132 valence electrons. The van der Waals surface area contributed by atoms with Crippen molar-refractivity contribution in [3.05, 3.63) is 24.1 Å². The lowest BCUT2D eigenvalue weighted by Gasteiger charge is -2.18. The van der Waals surface area contributed by atoms with E-state index in [9.17, 15) is 13.2 Å². The van der Waals surface area contributed by atoms with Gasteiger partial charge in [0.1, 0.15) is 5.52 Å². The van der Waals surface area contributed by atoms with Crippen LogP contribution < -0.4 is 4.72 Å². The monoisotopic (exact) mass is 353 g/mol. The van der Waals surface area contributed by atoms with Crippen LogP contribution in [0, 0.1) is 0 Å². The van der Waals surface area contributed by atoms with Crippen LogP contribution in [-0.4, -0.2) is 43.6 Å². The van der Waals surface area contributed by atoms with E-state index in [1.807, 2.05) is 20.8 Å². The number of hydrogen-bond donors (Lipinski definition) is 1. The lowest BCUT2D eigenvalue weighted by Crippen LogP contribution is -2.39. The summed E-state index contributed by atoms with van der Waals surface area (Å²) in [6.45, 7) is 7.30. The average Bonchev–Trinajstić information content (AvgIpc) is 2.88. The molecule has 2 rings (SSSR count). The van der Waals surface area contributed by atoms with Crippen LogP contribution in [0.2, 0.25) is 0 Å². The minimum absolute atomic E-state index is 0.245. The Morgan fingerprint density at radius 1 is 1.29 bits per heavy atom. The Bertz CT molecular complexity index is 863. The van der Waals surface area contributed by atoms with Crippen LogP contribution in [0.1, 0.15) is 33.6 Å². The molecule has 7 nitrogen and oxygen atoms in total. The Morgan fingerprint density at radius 3 is 2.46 bits per heavy atom. The Kier molecular flexibility index (Phi) is 4.63. The first-order valence-corrected chi connectivity index (χ1v) is 9.10. The van der Waals surface area contributed by atoms with Crippen molar-refractivity contribution < 1.29 is 17.6 Å². The second-order valence-corrected chi connectivity index (χ2v) is 8.97. The van der Waals surface area contributed by atoms with Gasteiger partial charge in [0, 0.05) is 19.5 Å². The molecule has 1 atom stereocenters. The van der Waals surface area contributed by atoms with Crippen molar-refractivity contribution in [3.63, 3.8) is 0 Å². The van der Waals surface area contributed by atoms with E-state index in [-0.39, 0.29) is 5.41 Å². The first kappa shape index (κ1) is 18.3. The summed E-state index contributed by atoms with van der Waals surface area (Å²) in [6.07, 6.45) is 0. The molecular weight excluding hydrogens is 330 g/mol. The van der Waals surface area contributed by atoms with Crippen molar-refractivity contribution in [2.24, 2.45) is 0 Å². The lowest BCUT2D eigenvalue weighted by molar-refractivity contribution is -0.127. The van der Waals surface area contributed by atoms with Gasteiger partial charge in [-0.15, -0.1) is 0 Å².